The topological polar surface area (TPSA) is 108 Å². The van der Waals surface area contributed by atoms with Crippen LogP contribution in [-0.2, 0) is 32.7 Å². The van der Waals surface area contributed by atoms with E-state index in [0.717, 1.165) is 57.8 Å². The summed E-state index contributed by atoms with van der Waals surface area (Å²) < 4.78 is 34.9. The van der Waals surface area contributed by atoms with Gasteiger partial charge in [0, 0.05) is 12.8 Å². The lowest BCUT2D eigenvalue weighted by Crippen LogP contribution is -2.37. The van der Waals surface area contributed by atoms with Crippen LogP contribution in [0.4, 0.5) is 0 Å². The molecule has 0 aromatic carbocycles. The summed E-state index contributed by atoms with van der Waals surface area (Å²) in [6.45, 7) is 4.41. The van der Waals surface area contributed by atoms with E-state index in [4.69, 9.17) is 18.5 Å². The molecule has 93 heavy (non-hydrogen) atoms. The van der Waals surface area contributed by atoms with Crippen LogP contribution in [0.15, 0.2) is 48.6 Å². The van der Waals surface area contributed by atoms with Gasteiger partial charge in [0.25, 0.3) is 0 Å². The van der Waals surface area contributed by atoms with Gasteiger partial charge in [0.1, 0.15) is 19.8 Å². The van der Waals surface area contributed by atoms with Crippen LogP contribution in [0.5, 0.6) is 0 Å². The van der Waals surface area contributed by atoms with E-state index in [9.17, 15) is 19.0 Å². The van der Waals surface area contributed by atoms with Crippen LogP contribution in [0.2, 0.25) is 0 Å². The SMILES string of the molecule is CC/C=C\C/C=C\C/C=C\C/C=C\CCCCCCCCCCCCCCCCCCCCCCCCC(=O)OC(COC(=O)CCCCCCCCCCCCCCCCCCCCCCCCCCCCCCCCCCCC)COP(=O)(O)OCC[N+](C)(C)C. The number of phosphoric acid groups is 1. The third-order valence-electron chi connectivity index (χ3n) is 18.6. The molecule has 0 spiro atoms. The molecule has 9 nitrogen and oxygen atoms in total. The summed E-state index contributed by atoms with van der Waals surface area (Å²) in [5.74, 6) is -0.771. The van der Waals surface area contributed by atoms with Gasteiger partial charge < -0.3 is 18.9 Å². The normalized spacial score (nSPS) is 13.2. The fraction of sp³-hybridized carbons (Fsp3) is 0.880. The molecule has 2 unspecified atom stereocenters. The second kappa shape index (κ2) is 74.2. The van der Waals surface area contributed by atoms with Gasteiger partial charge in [0.05, 0.1) is 27.7 Å². The van der Waals surface area contributed by atoms with Crippen LogP contribution in [0.1, 0.15) is 418 Å². The van der Waals surface area contributed by atoms with Crippen molar-refractivity contribution in [2.45, 2.75) is 424 Å². The molecule has 2 atom stereocenters. The molecule has 0 radical (unpaired) electrons. The Morgan fingerprint density at radius 3 is 0.914 bits per heavy atom. The number of nitrogens with zero attached hydrogens (tertiary/aromatic N) is 1. The van der Waals surface area contributed by atoms with Gasteiger partial charge in [-0.05, 0) is 51.4 Å². The maximum atomic E-state index is 12.9. The monoisotopic (exact) mass is 1330 g/mol. The summed E-state index contributed by atoms with van der Waals surface area (Å²) in [4.78, 5) is 36.0. The molecular formula is C83H159NO8P+. The fourth-order valence-corrected chi connectivity index (χ4v) is 13.2. The Labute approximate surface area is 579 Å². The van der Waals surface area contributed by atoms with E-state index in [1.165, 1.54) is 327 Å². The van der Waals surface area contributed by atoms with Crippen molar-refractivity contribution in [3.63, 3.8) is 0 Å². The molecule has 0 aromatic rings. The molecule has 0 saturated heterocycles. The number of carbonyl (C=O) groups excluding carboxylic acids is 2. The van der Waals surface area contributed by atoms with Crippen molar-refractivity contribution < 1.29 is 42.1 Å². The highest BCUT2D eigenvalue weighted by atomic mass is 31.2. The van der Waals surface area contributed by atoms with Crippen LogP contribution >= 0.6 is 7.82 Å². The molecule has 0 saturated carbocycles. The second-order valence-electron chi connectivity index (χ2n) is 29.1. The molecule has 0 fully saturated rings. The second-order valence-corrected chi connectivity index (χ2v) is 30.6. The van der Waals surface area contributed by atoms with E-state index >= 15 is 0 Å². The molecule has 0 aliphatic rings. The Bertz CT molecular complexity index is 1710. The third kappa shape index (κ3) is 78.8. The average molecular weight is 1330 g/mol. The molecule has 10 heteroatoms. The van der Waals surface area contributed by atoms with Crippen LogP contribution in [0.25, 0.3) is 0 Å². The van der Waals surface area contributed by atoms with Gasteiger partial charge in [-0.25, -0.2) is 4.57 Å². The van der Waals surface area contributed by atoms with E-state index in [1.54, 1.807) is 0 Å². The zero-order valence-corrected chi connectivity index (χ0v) is 63.7. The number of hydrogen-bond donors (Lipinski definition) is 1. The van der Waals surface area contributed by atoms with Crippen molar-refractivity contribution in [3.05, 3.63) is 48.6 Å². The molecule has 0 amide bonds. The number of rotatable bonds is 77. The van der Waals surface area contributed by atoms with E-state index < -0.39 is 26.5 Å². The number of quaternary nitrogens is 1. The first-order valence-electron chi connectivity index (χ1n) is 40.9. The largest absolute Gasteiger partial charge is 0.472 e. The number of hydrogen-bond acceptors (Lipinski definition) is 7. The predicted octanol–water partition coefficient (Wildman–Crippen LogP) is 27.1. The maximum absolute atomic E-state index is 12.9. The van der Waals surface area contributed by atoms with E-state index in [-0.39, 0.29) is 25.6 Å². The fourth-order valence-electron chi connectivity index (χ4n) is 12.4. The Morgan fingerprint density at radius 2 is 0.613 bits per heavy atom. The van der Waals surface area contributed by atoms with Gasteiger partial charge >= 0.3 is 19.8 Å². The molecule has 0 aliphatic heterocycles. The minimum absolute atomic E-state index is 0.0351. The van der Waals surface area contributed by atoms with E-state index in [0.29, 0.717) is 23.9 Å². The first-order valence-corrected chi connectivity index (χ1v) is 42.4. The van der Waals surface area contributed by atoms with Gasteiger partial charge in [-0.15, -0.1) is 0 Å². The quantitative estimate of drug-likeness (QED) is 0.0211. The minimum atomic E-state index is -4.39. The first kappa shape index (κ1) is 91.0. The zero-order chi connectivity index (χ0) is 67.6. The standard InChI is InChI=1S/C83H158NO8P/c1-6-8-10-12-14-16-18-20-22-24-26-28-30-32-34-36-38-40-42-44-46-48-50-52-54-56-58-60-62-64-66-68-70-72-74-76-83(86)92-81(80-91-93(87,88)90-78-77-84(3,4)5)79-89-82(85)75-73-71-69-67-65-63-61-59-57-55-53-51-49-47-45-43-41-39-37-35-33-31-29-27-25-23-21-19-17-15-13-11-9-7-2/h8,10,14,16,20,22,26,28,81H,6-7,9,11-13,15,17-19,21,23-25,27,29-80H2,1-5H3/p+1/b10-8-,16-14-,22-20-,28-26-. The summed E-state index contributed by atoms with van der Waals surface area (Å²) in [6.07, 6.45) is 98.5. The highest BCUT2D eigenvalue weighted by Crippen LogP contribution is 2.43. The van der Waals surface area contributed by atoms with Gasteiger partial charge in [-0.2, -0.15) is 0 Å². The summed E-state index contributed by atoms with van der Waals surface area (Å²) in [6, 6.07) is 0. The Kier molecular flexibility index (Phi) is 72.6. The van der Waals surface area contributed by atoms with Crippen molar-refractivity contribution in [3.8, 4) is 0 Å². The van der Waals surface area contributed by atoms with Gasteiger partial charge in [-0.1, -0.05) is 403 Å². The Hall–Kier alpha value is -2.03. The Morgan fingerprint density at radius 1 is 0.344 bits per heavy atom. The van der Waals surface area contributed by atoms with Crippen LogP contribution in [-0.4, -0.2) is 74.9 Å². The van der Waals surface area contributed by atoms with Gasteiger partial charge in [0.2, 0.25) is 0 Å². The van der Waals surface area contributed by atoms with Crippen molar-refractivity contribution in [1.82, 2.24) is 0 Å². The summed E-state index contributed by atoms with van der Waals surface area (Å²) in [5, 5.41) is 0. The average Bonchev–Trinajstić information content (AvgIpc) is 2.44. The summed E-state index contributed by atoms with van der Waals surface area (Å²) in [5.41, 5.74) is 0. The molecule has 0 rings (SSSR count). The number of carbonyl (C=O) groups is 2. The lowest BCUT2D eigenvalue weighted by molar-refractivity contribution is -0.870. The smallest absolute Gasteiger partial charge is 0.462 e. The number of likely N-dealkylation sites (N-methyl/N-ethyl adjacent to an activating group) is 1. The molecule has 548 valence electrons. The highest BCUT2D eigenvalue weighted by Gasteiger charge is 2.27. The lowest BCUT2D eigenvalue weighted by Gasteiger charge is -2.24. The zero-order valence-electron chi connectivity index (χ0n) is 62.8. The van der Waals surface area contributed by atoms with Crippen LogP contribution < -0.4 is 0 Å². The highest BCUT2D eigenvalue weighted by molar-refractivity contribution is 7.47. The molecule has 0 bridgehead atoms. The van der Waals surface area contributed by atoms with Gasteiger partial charge in [0.15, 0.2) is 6.10 Å². The number of esters is 2. The van der Waals surface area contributed by atoms with Crippen molar-refractivity contribution in [2.24, 2.45) is 0 Å². The summed E-state index contributed by atoms with van der Waals surface area (Å²) >= 11 is 0. The van der Waals surface area contributed by atoms with Crippen LogP contribution in [0, 0.1) is 0 Å². The van der Waals surface area contributed by atoms with E-state index in [1.807, 2.05) is 21.1 Å². The first-order chi connectivity index (χ1) is 45.5. The number of phosphoric ester groups is 1. The maximum Gasteiger partial charge on any atom is 0.472 e. The molecule has 0 aromatic heterocycles. The third-order valence-corrected chi connectivity index (χ3v) is 19.6. The number of unbranched alkanes of at least 4 members (excludes halogenated alkanes) is 55. The molecule has 1 N–H and O–H groups in total. The minimum Gasteiger partial charge on any atom is -0.462 e. The number of allylic oxidation sites excluding steroid dienone is 8. The van der Waals surface area contributed by atoms with Gasteiger partial charge in [-0.3, -0.25) is 18.6 Å². The number of ether oxygens (including phenoxy) is 2. The van der Waals surface area contributed by atoms with Crippen molar-refractivity contribution in [2.75, 3.05) is 47.5 Å². The predicted molar refractivity (Wildman–Crippen MR) is 404 cm³/mol. The lowest BCUT2D eigenvalue weighted by atomic mass is 10.0. The summed E-state index contributed by atoms with van der Waals surface area (Å²) in [7, 11) is 1.50. The molecule has 0 aliphatic carbocycles. The van der Waals surface area contributed by atoms with Crippen molar-refractivity contribution in [1.29, 1.82) is 0 Å². The van der Waals surface area contributed by atoms with E-state index in [2.05, 4.69) is 62.5 Å². The van der Waals surface area contributed by atoms with Crippen molar-refractivity contribution >= 4 is 19.8 Å². The molecule has 0 heterocycles. The molecular weight excluding hydrogens is 1170 g/mol. The Balaban J connectivity index is 3.89. The van der Waals surface area contributed by atoms with Crippen LogP contribution in [0.3, 0.4) is 0 Å².